The van der Waals surface area contributed by atoms with Gasteiger partial charge in [0, 0.05) is 0 Å². The molecule has 0 aliphatic carbocycles. The van der Waals surface area contributed by atoms with Crippen LogP contribution in [0, 0.1) is 5.82 Å². The van der Waals surface area contributed by atoms with Crippen LogP contribution in [0.15, 0.2) is 24.3 Å². The number of fused-ring (bicyclic) bond motifs is 1. The Balaban J connectivity index is 2.36. The Bertz CT molecular complexity index is 786. The van der Waals surface area contributed by atoms with Gasteiger partial charge in [0.1, 0.15) is 17.3 Å². The van der Waals surface area contributed by atoms with Crippen LogP contribution < -0.4 is 5.73 Å². The predicted molar refractivity (Wildman–Crippen MR) is 62.6 cm³/mol. The maximum absolute atomic E-state index is 13.7. The van der Waals surface area contributed by atoms with Crippen LogP contribution >= 0.6 is 0 Å². The second-order valence-electron chi connectivity index (χ2n) is 4.05. The van der Waals surface area contributed by atoms with Gasteiger partial charge >= 0.3 is 6.18 Å². The predicted octanol–water partition coefficient (Wildman–Crippen LogP) is 2.49. The molecule has 0 atom stereocenters. The molecule has 0 unspecified atom stereocenters. The monoisotopic (exact) mass is 285 g/mol. The summed E-state index contributed by atoms with van der Waals surface area (Å²) in [7, 11) is 0. The zero-order chi connectivity index (χ0) is 14.5. The molecule has 1 aromatic carbocycles. The normalized spacial score (nSPS) is 12.2. The fourth-order valence-corrected chi connectivity index (χ4v) is 1.92. The van der Waals surface area contributed by atoms with E-state index in [4.69, 9.17) is 5.73 Å². The number of aromatic nitrogens is 4. The maximum atomic E-state index is 13.7. The Hall–Kier alpha value is -2.58. The van der Waals surface area contributed by atoms with E-state index in [-0.39, 0.29) is 22.5 Å². The number of halogens is 4. The van der Waals surface area contributed by atoms with E-state index in [1.54, 1.807) is 0 Å². The molecule has 104 valence electrons. The van der Waals surface area contributed by atoms with Gasteiger partial charge in [-0.2, -0.15) is 23.4 Å². The number of para-hydroxylation sites is 1. The standard InChI is InChI=1S/C11H7F4N5/c12-5-3-1-2-4-6(5)20-10-7(9(16)17-18-10)8(19-20)11(13,14)15/h1-4H,(H3,16,17,18). The highest BCUT2D eigenvalue weighted by atomic mass is 19.4. The fraction of sp³-hybridized carbons (Fsp3) is 0.0909. The van der Waals surface area contributed by atoms with Crippen LogP contribution in [0.4, 0.5) is 23.4 Å². The van der Waals surface area contributed by atoms with Gasteiger partial charge in [0.05, 0.1) is 5.39 Å². The van der Waals surface area contributed by atoms with Crippen molar-refractivity contribution >= 4 is 16.9 Å². The van der Waals surface area contributed by atoms with Crippen molar-refractivity contribution in [3.05, 3.63) is 35.8 Å². The van der Waals surface area contributed by atoms with Crippen LogP contribution in [0.1, 0.15) is 5.69 Å². The third-order valence-electron chi connectivity index (χ3n) is 2.76. The topological polar surface area (TPSA) is 72.5 Å². The number of alkyl halides is 3. The Morgan fingerprint density at radius 3 is 2.55 bits per heavy atom. The fourth-order valence-electron chi connectivity index (χ4n) is 1.92. The number of nitrogens with one attached hydrogen (secondary N) is 1. The second-order valence-corrected chi connectivity index (χ2v) is 4.05. The summed E-state index contributed by atoms with van der Waals surface area (Å²) in [5.41, 5.74) is 3.91. The highest BCUT2D eigenvalue weighted by Crippen LogP contribution is 2.36. The zero-order valence-electron chi connectivity index (χ0n) is 9.74. The van der Waals surface area contributed by atoms with Gasteiger partial charge in [0.25, 0.3) is 0 Å². The minimum Gasteiger partial charge on any atom is -0.383 e. The molecule has 2 heterocycles. The van der Waals surface area contributed by atoms with Crippen molar-refractivity contribution in [1.82, 2.24) is 20.0 Å². The molecule has 0 saturated heterocycles. The van der Waals surface area contributed by atoms with Crippen LogP contribution in [0.5, 0.6) is 0 Å². The first kappa shape index (κ1) is 12.5. The van der Waals surface area contributed by atoms with Crippen molar-refractivity contribution in [2.45, 2.75) is 6.18 Å². The molecule has 0 amide bonds. The van der Waals surface area contributed by atoms with Gasteiger partial charge in [-0.1, -0.05) is 12.1 Å². The quantitative estimate of drug-likeness (QED) is 0.675. The van der Waals surface area contributed by atoms with Crippen molar-refractivity contribution in [3.8, 4) is 5.69 Å². The Labute approximate surface area is 109 Å². The molecule has 5 nitrogen and oxygen atoms in total. The summed E-state index contributed by atoms with van der Waals surface area (Å²) in [5.74, 6) is -0.984. The largest absolute Gasteiger partial charge is 0.436 e. The molecular weight excluding hydrogens is 278 g/mol. The molecule has 3 rings (SSSR count). The average Bonchev–Trinajstić information content (AvgIpc) is 2.91. The number of nitrogens with two attached hydrogens (primary N) is 1. The smallest absolute Gasteiger partial charge is 0.383 e. The first-order valence-electron chi connectivity index (χ1n) is 5.44. The lowest BCUT2D eigenvalue weighted by Gasteiger charge is -2.04. The summed E-state index contributed by atoms with van der Waals surface area (Å²) >= 11 is 0. The second kappa shape index (κ2) is 3.95. The van der Waals surface area contributed by atoms with E-state index in [0.717, 1.165) is 10.7 Å². The summed E-state index contributed by atoms with van der Waals surface area (Å²) in [6.45, 7) is 0. The first-order valence-corrected chi connectivity index (χ1v) is 5.44. The number of rotatable bonds is 1. The molecule has 20 heavy (non-hydrogen) atoms. The van der Waals surface area contributed by atoms with Crippen molar-refractivity contribution in [3.63, 3.8) is 0 Å². The van der Waals surface area contributed by atoms with E-state index < -0.39 is 17.7 Å². The van der Waals surface area contributed by atoms with E-state index >= 15 is 0 Å². The van der Waals surface area contributed by atoms with Crippen LogP contribution in [0.25, 0.3) is 16.7 Å². The van der Waals surface area contributed by atoms with Crippen LogP contribution in [0.3, 0.4) is 0 Å². The third-order valence-corrected chi connectivity index (χ3v) is 2.76. The minimum atomic E-state index is -4.72. The van der Waals surface area contributed by atoms with Crippen LogP contribution in [-0.2, 0) is 6.18 Å². The average molecular weight is 285 g/mol. The molecule has 0 radical (unpaired) electrons. The zero-order valence-corrected chi connectivity index (χ0v) is 9.74. The Morgan fingerprint density at radius 1 is 1.20 bits per heavy atom. The highest BCUT2D eigenvalue weighted by molar-refractivity contribution is 5.90. The summed E-state index contributed by atoms with van der Waals surface area (Å²) in [6, 6.07) is 5.32. The SMILES string of the molecule is Nc1[nH]nc2c1c(C(F)(F)F)nn2-c1ccccc1F. The molecule has 0 bridgehead atoms. The molecular formula is C11H7F4N5. The molecule has 0 spiro atoms. The number of nitrogen functional groups attached to an aromatic ring is 1. The van der Waals surface area contributed by atoms with Gasteiger partial charge in [0.2, 0.25) is 0 Å². The van der Waals surface area contributed by atoms with E-state index in [1.807, 2.05) is 0 Å². The summed E-state index contributed by atoms with van der Waals surface area (Å²) in [6.07, 6.45) is -4.72. The van der Waals surface area contributed by atoms with Crippen LogP contribution in [-0.4, -0.2) is 20.0 Å². The molecule has 0 aliphatic rings. The Kier molecular flexibility index (Phi) is 2.46. The molecule has 2 aromatic heterocycles. The van der Waals surface area contributed by atoms with E-state index in [2.05, 4.69) is 15.3 Å². The number of nitrogens with zero attached hydrogens (tertiary/aromatic N) is 3. The van der Waals surface area contributed by atoms with Gasteiger partial charge < -0.3 is 5.73 Å². The molecule has 0 saturated carbocycles. The first-order chi connectivity index (χ1) is 9.39. The van der Waals surface area contributed by atoms with Gasteiger partial charge in [-0.15, -0.1) is 0 Å². The number of aromatic amines is 1. The number of hydrogen-bond acceptors (Lipinski definition) is 3. The van der Waals surface area contributed by atoms with Gasteiger partial charge in [-0.25, -0.2) is 9.07 Å². The number of hydrogen-bond donors (Lipinski definition) is 2. The minimum absolute atomic E-state index is 0.139. The van der Waals surface area contributed by atoms with E-state index in [1.165, 1.54) is 18.2 Å². The van der Waals surface area contributed by atoms with Gasteiger partial charge in [-0.05, 0) is 12.1 Å². The lowest BCUT2D eigenvalue weighted by Crippen LogP contribution is -2.09. The van der Waals surface area contributed by atoms with E-state index in [9.17, 15) is 17.6 Å². The lowest BCUT2D eigenvalue weighted by molar-refractivity contribution is -0.140. The van der Waals surface area contributed by atoms with E-state index in [0.29, 0.717) is 0 Å². The number of H-pyrrole nitrogens is 1. The lowest BCUT2D eigenvalue weighted by atomic mass is 10.3. The summed E-state index contributed by atoms with van der Waals surface area (Å²) in [4.78, 5) is 0. The third kappa shape index (κ3) is 1.70. The maximum Gasteiger partial charge on any atom is 0.436 e. The van der Waals surface area contributed by atoms with Crippen molar-refractivity contribution < 1.29 is 17.6 Å². The summed E-state index contributed by atoms with van der Waals surface area (Å²) < 4.78 is 53.3. The molecule has 3 N–H and O–H groups in total. The Morgan fingerprint density at radius 2 is 1.90 bits per heavy atom. The molecule has 9 heteroatoms. The number of benzene rings is 1. The van der Waals surface area contributed by atoms with Gasteiger partial charge in [0.15, 0.2) is 11.3 Å². The van der Waals surface area contributed by atoms with Crippen molar-refractivity contribution in [1.29, 1.82) is 0 Å². The van der Waals surface area contributed by atoms with Crippen molar-refractivity contribution in [2.24, 2.45) is 0 Å². The van der Waals surface area contributed by atoms with Gasteiger partial charge in [-0.3, -0.25) is 5.10 Å². The summed E-state index contributed by atoms with van der Waals surface area (Å²) in [5, 5.41) is 8.92. The van der Waals surface area contributed by atoms with Crippen molar-refractivity contribution in [2.75, 3.05) is 5.73 Å². The molecule has 3 aromatic rings. The molecule has 0 fully saturated rings. The highest BCUT2D eigenvalue weighted by Gasteiger charge is 2.39. The molecule has 0 aliphatic heterocycles. The number of anilines is 1. The van der Waals surface area contributed by atoms with Crippen LogP contribution in [0.2, 0.25) is 0 Å².